The molecule has 0 spiro atoms. The lowest BCUT2D eigenvalue weighted by Gasteiger charge is -2.42. The Morgan fingerprint density at radius 2 is 1.97 bits per heavy atom. The number of anilines is 2. The highest BCUT2D eigenvalue weighted by atomic mass is 19.4. The van der Waals surface area contributed by atoms with E-state index in [9.17, 15) is 18.0 Å². The van der Waals surface area contributed by atoms with Crippen LogP contribution in [0.1, 0.15) is 18.9 Å². The molecule has 1 aromatic carbocycles. The molecule has 2 N–H and O–H groups in total. The first-order valence-electron chi connectivity index (χ1n) is 10.1. The van der Waals surface area contributed by atoms with E-state index >= 15 is 0 Å². The molecule has 1 fully saturated rings. The standard InChI is InChI=1S/C22H24F3N5O/c1-14-9-12-30(21(31)28-16-5-3-15(4-6-16)22(23,24)25)13-19(14)29(2)18-8-11-27-20-17(18)7-10-26-20/h3-8,10-11,14,19H,9,12-13H2,1-2H3,(H,26,27)(H,28,31)/t14-,19?/m1/s1. The summed E-state index contributed by atoms with van der Waals surface area (Å²) in [6.45, 7) is 3.27. The van der Waals surface area contributed by atoms with E-state index in [0.717, 1.165) is 35.3 Å². The van der Waals surface area contributed by atoms with Crippen molar-refractivity contribution in [3.8, 4) is 0 Å². The summed E-state index contributed by atoms with van der Waals surface area (Å²) in [5, 5.41) is 3.73. The van der Waals surface area contributed by atoms with Gasteiger partial charge < -0.3 is 20.1 Å². The van der Waals surface area contributed by atoms with Crippen molar-refractivity contribution in [2.45, 2.75) is 25.6 Å². The third-order valence-electron chi connectivity index (χ3n) is 5.98. The van der Waals surface area contributed by atoms with Crippen molar-refractivity contribution in [3.63, 3.8) is 0 Å². The third-order valence-corrected chi connectivity index (χ3v) is 5.98. The predicted octanol–water partition coefficient (Wildman–Crippen LogP) is 4.96. The number of aromatic nitrogens is 2. The number of hydrogen-bond acceptors (Lipinski definition) is 3. The number of urea groups is 1. The fourth-order valence-electron chi connectivity index (χ4n) is 4.12. The van der Waals surface area contributed by atoms with Crippen LogP contribution in [0.25, 0.3) is 11.0 Å². The molecule has 1 aliphatic rings. The number of likely N-dealkylation sites (N-methyl/N-ethyl adjacent to an activating group) is 1. The number of rotatable bonds is 3. The number of nitrogens with one attached hydrogen (secondary N) is 2. The van der Waals surface area contributed by atoms with Gasteiger partial charge in [-0.2, -0.15) is 13.2 Å². The molecule has 2 aromatic heterocycles. The van der Waals surface area contributed by atoms with Crippen LogP contribution in [-0.2, 0) is 6.18 Å². The van der Waals surface area contributed by atoms with Crippen molar-refractivity contribution in [1.29, 1.82) is 0 Å². The average molecular weight is 431 g/mol. The summed E-state index contributed by atoms with van der Waals surface area (Å²) < 4.78 is 38.2. The van der Waals surface area contributed by atoms with Crippen LogP contribution in [-0.4, -0.2) is 47.1 Å². The Bertz CT molecular complexity index is 1060. The molecule has 164 valence electrons. The highest BCUT2D eigenvalue weighted by molar-refractivity contribution is 5.91. The second-order valence-electron chi connectivity index (χ2n) is 7.97. The number of carbonyl (C=O) groups excluding carboxylic acids is 1. The van der Waals surface area contributed by atoms with Crippen LogP contribution in [0.4, 0.5) is 29.3 Å². The number of likely N-dealkylation sites (tertiary alicyclic amines) is 1. The average Bonchev–Trinajstić information content (AvgIpc) is 3.22. The zero-order valence-electron chi connectivity index (χ0n) is 17.3. The second-order valence-corrected chi connectivity index (χ2v) is 7.97. The molecule has 1 aliphatic heterocycles. The largest absolute Gasteiger partial charge is 0.416 e. The highest BCUT2D eigenvalue weighted by Crippen LogP contribution is 2.31. The molecule has 2 atom stereocenters. The first-order valence-corrected chi connectivity index (χ1v) is 10.1. The smallest absolute Gasteiger partial charge is 0.369 e. The van der Waals surface area contributed by atoms with E-state index in [-0.39, 0.29) is 12.1 Å². The Balaban J connectivity index is 1.47. The number of fused-ring (bicyclic) bond motifs is 1. The van der Waals surface area contributed by atoms with Gasteiger partial charge in [0, 0.05) is 55.3 Å². The number of aromatic amines is 1. The van der Waals surface area contributed by atoms with Crippen molar-refractivity contribution >= 4 is 28.4 Å². The summed E-state index contributed by atoms with van der Waals surface area (Å²) in [7, 11) is 2.01. The number of H-pyrrole nitrogens is 1. The van der Waals surface area contributed by atoms with Crippen molar-refractivity contribution < 1.29 is 18.0 Å². The first-order chi connectivity index (χ1) is 14.7. The lowest BCUT2D eigenvalue weighted by Crippen LogP contribution is -2.53. The quantitative estimate of drug-likeness (QED) is 0.616. The maximum atomic E-state index is 12.8. The number of carbonyl (C=O) groups is 1. The maximum absolute atomic E-state index is 12.8. The minimum atomic E-state index is -4.40. The lowest BCUT2D eigenvalue weighted by molar-refractivity contribution is -0.137. The summed E-state index contributed by atoms with van der Waals surface area (Å²) >= 11 is 0. The van der Waals surface area contributed by atoms with Gasteiger partial charge in [-0.15, -0.1) is 0 Å². The maximum Gasteiger partial charge on any atom is 0.416 e. The van der Waals surface area contributed by atoms with Gasteiger partial charge in [0.2, 0.25) is 0 Å². The predicted molar refractivity (Wildman–Crippen MR) is 114 cm³/mol. The number of nitrogens with zero attached hydrogens (tertiary/aromatic N) is 3. The van der Waals surface area contributed by atoms with Crippen molar-refractivity contribution in [3.05, 3.63) is 54.4 Å². The van der Waals surface area contributed by atoms with E-state index in [2.05, 4.69) is 27.1 Å². The highest BCUT2D eigenvalue weighted by Gasteiger charge is 2.33. The van der Waals surface area contributed by atoms with Crippen LogP contribution in [0.3, 0.4) is 0 Å². The summed E-state index contributed by atoms with van der Waals surface area (Å²) in [6, 6.07) is 8.21. The van der Waals surface area contributed by atoms with Gasteiger partial charge in [-0.3, -0.25) is 0 Å². The van der Waals surface area contributed by atoms with Crippen LogP contribution < -0.4 is 10.2 Å². The van der Waals surface area contributed by atoms with Gasteiger partial charge in [0.15, 0.2) is 0 Å². The summed E-state index contributed by atoms with van der Waals surface area (Å²) in [4.78, 5) is 24.1. The molecule has 31 heavy (non-hydrogen) atoms. The number of pyridine rings is 1. The molecule has 0 bridgehead atoms. The monoisotopic (exact) mass is 431 g/mol. The zero-order chi connectivity index (χ0) is 22.2. The molecule has 0 aliphatic carbocycles. The Labute approximate surface area is 178 Å². The molecule has 1 unspecified atom stereocenters. The van der Waals surface area contributed by atoms with Gasteiger partial charge >= 0.3 is 12.2 Å². The summed E-state index contributed by atoms with van der Waals surface area (Å²) in [5.74, 6) is 0.363. The second kappa shape index (κ2) is 8.13. The zero-order valence-corrected chi connectivity index (χ0v) is 17.3. The Morgan fingerprint density at radius 1 is 1.23 bits per heavy atom. The normalized spacial score (nSPS) is 19.5. The SMILES string of the molecule is C[C@@H]1CCN(C(=O)Nc2ccc(C(F)(F)F)cc2)CC1N(C)c1ccnc2[nH]ccc12. The molecule has 0 saturated carbocycles. The molecule has 2 amide bonds. The van der Waals surface area contributed by atoms with Gasteiger partial charge in [0.25, 0.3) is 0 Å². The van der Waals surface area contributed by atoms with Crippen molar-refractivity contribution in [2.24, 2.45) is 5.92 Å². The van der Waals surface area contributed by atoms with E-state index in [1.807, 2.05) is 25.4 Å². The van der Waals surface area contributed by atoms with Gasteiger partial charge in [0.1, 0.15) is 5.65 Å². The van der Waals surface area contributed by atoms with E-state index in [1.165, 1.54) is 12.1 Å². The molecular formula is C22H24F3N5O. The minimum absolute atomic E-state index is 0.0904. The van der Waals surface area contributed by atoms with Crippen LogP contribution in [0.5, 0.6) is 0 Å². The molecule has 0 radical (unpaired) electrons. The molecular weight excluding hydrogens is 407 g/mol. The molecule has 9 heteroatoms. The molecule has 3 aromatic rings. The third kappa shape index (κ3) is 4.30. The number of hydrogen-bond donors (Lipinski definition) is 2. The van der Waals surface area contributed by atoms with E-state index in [4.69, 9.17) is 0 Å². The van der Waals surface area contributed by atoms with Gasteiger partial charge in [-0.05, 0) is 48.7 Å². The number of benzene rings is 1. The molecule has 3 heterocycles. The van der Waals surface area contributed by atoms with Crippen LogP contribution in [0.15, 0.2) is 48.8 Å². The van der Waals surface area contributed by atoms with E-state index < -0.39 is 11.7 Å². The number of halogens is 3. The Morgan fingerprint density at radius 3 is 2.68 bits per heavy atom. The number of piperidine rings is 1. The Kier molecular flexibility index (Phi) is 5.51. The number of amides is 2. The first kappa shape index (κ1) is 21.0. The number of alkyl halides is 3. The van der Waals surface area contributed by atoms with Crippen LogP contribution in [0, 0.1) is 5.92 Å². The topological polar surface area (TPSA) is 64.3 Å². The van der Waals surface area contributed by atoms with E-state index in [0.29, 0.717) is 24.7 Å². The van der Waals surface area contributed by atoms with Gasteiger partial charge in [-0.25, -0.2) is 9.78 Å². The summed E-state index contributed by atoms with van der Waals surface area (Å²) in [6.07, 6.45) is 0.0361. The van der Waals surface area contributed by atoms with Crippen molar-refractivity contribution in [2.75, 3.05) is 30.4 Å². The molecule has 4 rings (SSSR count). The Hall–Kier alpha value is -3.23. The van der Waals surface area contributed by atoms with E-state index in [1.54, 1.807) is 11.1 Å². The molecule has 6 nitrogen and oxygen atoms in total. The summed E-state index contributed by atoms with van der Waals surface area (Å²) in [5.41, 5.74) is 1.44. The van der Waals surface area contributed by atoms with Crippen LogP contribution in [0.2, 0.25) is 0 Å². The minimum Gasteiger partial charge on any atom is -0.369 e. The fraction of sp³-hybridized carbons (Fsp3) is 0.364. The van der Waals surface area contributed by atoms with Crippen LogP contribution >= 0.6 is 0 Å². The fourth-order valence-corrected chi connectivity index (χ4v) is 4.12. The lowest BCUT2D eigenvalue weighted by atomic mass is 9.92. The van der Waals surface area contributed by atoms with Crippen molar-refractivity contribution in [1.82, 2.24) is 14.9 Å². The van der Waals surface area contributed by atoms with Gasteiger partial charge in [-0.1, -0.05) is 6.92 Å². The molecule has 1 saturated heterocycles. The van der Waals surface area contributed by atoms with Gasteiger partial charge in [0.05, 0.1) is 5.56 Å².